The number of aromatic nitrogens is 1. The zero-order valence-corrected chi connectivity index (χ0v) is 14.5. The van der Waals surface area contributed by atoms with E-state index in [1.165, 1.54) is 12.0 Å². The minimum atomic E-state index is 0.0628. The quantitative estimate of drug-likeness (QED) is 0.644. The summed E-state index contributed by atoms with van der Waals surface area (Å²) in [5, 5.41) is 3.22. The van der Waals surface area contributed by atoms with Crippen LogP contribution in [0, 0.1) is 0 Å². The van der Waals surface area contributed by atoms with Crippen molar-refractivity contribution in [1.29, 1.82) is 0 Å². The molecule has 2 aromatic rings. The van der Waals surface area contributed by atoms with Gasteiger partial charge in [0.1, 0.15) is 0 Å². The van der Waals surface area contributed by atoms with Crippen molar-refractivity contribution in [3.63, 3.8) is 0 Å². The van der Waals surface area contributed by atoms with Crippen molar-refractivity contribution in [2.75, 3.05) is 11.9 Å². The molecular weight excluding hydrogens is 296 g/mol. The van der Waals surface area contributed by atoms with Gasteiger partial charge >= 0.3 is 0 Å². The second-order valence-corrected chi connectivity index (χ2v) is 6.96. The Labute approximate surface area is 144 Å². The number of nitrogens with zero attached hydrogens (tertiary/aromatic N) is 2. The Morgan fingerprint density at radius 1 is 1.25 bits per heavy atom. The predicted molar refractivity (Wildman–Crippen MR) is 100 cm³/mol. The molecule has 126 valence electrons. The Balaban J connectivity index is 1.69. The van der Waals surface area contributed by atoms with E-state index in [1.54, 1.807) is 0 Å². The molecule has 1 aromatic heterocycles. The molecule has 1 aromatic carbocycles. The molecule has 0 saturated heterocycles. The molecule has 0 atom stereocenters. The van der Waals surface area contributed by atoms with Crippen LogP contribution in [0.4, 0.5) is 5.69 Å². The van der Waals surface area contributed by atoms with E-state index in [1.807, 2.05) is 30.5 Å². The molecule has 0 unspecified atom stereocenters. The maximum atomic E-state index is 6.11. The van der Waals surface area contributed by atoms with Crippen molar-refractivity contribution in [3.05, 3.63) is 59.9 Å². The van der Waals surface area contributed by atoms with Crippen LogP contribution in [0.3, 0.4) is 0 Å². The Kier molecular flexibility index (Phi) is 4.84. The first-order valence-electron chi connectivity index (χ1n) is 8.67. The third-order valence-electron chi connectivity index (χ3n) is 4.90. The van der Waals surface area contributed by atoms with Gasteiger partial charge in [0.2, 0.25) is 0 Å². The summed E-state index contributed by atoms with van der Waals surface area (Å²) in [5.74, 6) is 0.963. The molecule has 4 heteroatoms. The predicted octanol–water partition coefficient (Wildman–Crippen LogP) is 4.05. The molecule has 0 radical (unpaired) electrons. The van der Waals surface area contributed by atoms with E-state index in [0.29, 0.717) is 18.4 Å². The average molecular weight is 322 g/mol. The maximum absolute atomic E-state index is 6.11. The summed E-state index contributed by atoms with van der Waals surface area (Å²) in [5.41, 5.74) is 9.59. The van der Waals surface area contributed by atoms with E-state index < -0.39 is 0 Å². The standard InChI is InChI=1S/C20H26N4/c1-15(2)16-7-5-8-17(13-16)24-19(21)23-14-20(10-6-11-20)18-9-3-4-12-22-18/h3-5,7-9,12-13,15H,6,10-11,14H2,1-2H3,(H3,21,23,24). The lowest BCUT2D eigenvalue weighted by Gasteiger charge is -2.40. The second-order valence-electron chi connectivity index (χ2n) is 6.96. The second kappa shape index (κ2) is 7.04. The molecule has 4 nitrogen and oxygen atoms in total. The van der Waals surface area contributed by atoms with Crippen molar-refractivity contribution in [3.8, 4) is 0 Å². The van der Waals surface area contributed by atoms with Crippen molar-refractivity contribution >= 4 is 11.6 Å². The Hall–Kier alpha value is -2.36. The molecule has 0 aliphatic heterocycles. The number of hydrogen-bond acceptors (Lipinski definition) is 2. The van der Waals surface area contributed by atoms with Crippen LogP contribution in [-0.4, -0.2) is 17.5 Å². The van der Waals surface area contributed by atoms with Gasteiger partial charge in [0.05, 0.1) is 6.54 Å². The third kappa shape index (κ3) is 3.58. The molecule has 1 fully saturated rings. The molecule has 24 heavy (non-hydrogen) atoms. The van der Waals surface area contributed by atoms with E-state index in [9.17, 15) is 0 Å². The zero-order valence-electron chi connectivity index (χ0n) is 14.5. The average Bonchev–Trinajstić information content (AvgIpc) is 2.55. The lowest BCUT2D eigenvalue weighted by molar-refractivity contribution is 0.246. The summed E-state index contributed by atoms with van der Waals surface area (Å²) in [7, 11) is 0. The molecule has 1 aliphatic carbocycles. The molecule has 3 rings (SSSR count). The van der Waals surface area contributed by atoms with Gasteiger partial charge in [0, 0.05) is 23.0 Å². The van der Waals surface area contributed by atoms with Gasteiger partial charge in [0.15, 0.2) is 5.96 Å². The van der Waals surface area contributed by atoms with E-state index in [2.05, 4.69) is 47.3 Å². The van der Waals surface area contributed by atoms with E-state index in [-0.39, 0.29) is 5.41 Å². The molecule has 1 saturated carbocycles. The first-order valence-corrected chi connectivity index (χ1v) is 8.67. The summed E-state index contributed by atoms with van der Waals surface area (Å²) in [6, 6.07) is 14.4. The number of aliphatic imine (C=N–C) groups is 1. The molecule has 0 spiro atoms. The van der Waals surface area contributed by atoms with Gasteiger partial charge in [-0.1, -0.05) is 38.5 Å². The summed E-state index contributed by atoms with van der Waals surface area (Å²) in [6.45, 7) is 5.06. The highest BCUT2D eigenvalue weighted by atomic mass is 15.1. The van der Waals surface area contributed by atoms with Crippen LogP contribution in [0.2, 0.25) is 0 Å². The molecule has 0 amide bonds. The smallest absolute Gasteiger partial charge is 0.193 e. The number of pyridine rings is 1. The summed E-state index contributed by atoms with van der Waals surface area (Å²) >= 11 is 0. The molecular formula is C20H26N4. The highest BCUT2D eigenvalue weighted by Crippen LogP contribution is 2.42. The Morgan fingerprint density at radius 2 is 2.08 bits per heavy atom. The van der Waals surface area contributed by atoms with Crippen LogP contribution < -0.4 is 11.1 Å². The minimum Gasteiger partial charge on any atom is -0.370 e. The van der Waals surface area contributed by atoms with E-state index >= 15 is 0 Å². The minimum absolute atomic E-state index is 0.0628. The van der Waals surface area contributed by atoms with Gasteiger partial charge in [-0.15, -0.1) is 0 Å². The summed E-state index contributed by atoms with van der Waals surface area (Å²) < 4.78 is 0. The van der Waals surface area contributed by atoms with Crippen molar-refractivity contribution in [2.24, 2.45) is 10.7 Å². The summed E-state index contributed by atoms with van der Waals surface area (Å²) in [6.07, 6.45) is 5.35. The normalized spacial score (nSPS) is 16.7. The number of rotatable bonds is 5. The molecule has 1 aliphatic rings. The van der Waals surface area contributed by atoms with Crippen LogP contribution >= 0.6 is 0 Å². The lowest BCUT2D eigenvalue weighted by atomic mass is 9.66. The van der Waals surface area contributed by atoms with Gasteiger partial charge in [0.25, 0.3) is 0 Å². The highest BCUT2D eigenvalue weighted by molar-refractivity contribution is 5.92. The largest absolute Gasteiger partial charge is 0.370 e. The third-order valence-corrected chi connectivity index (χ3v) is 4.90. The number of anilines is 1. The summed E-state index contributed by atoms with van der Waals surface area (Å²) in [4.78, 5) is 9.14. The topological polar surface area (TPSA) is 63.3 Å². The number of nitrogens with two attached hydrogens (primary N) is 1. The molecule has 3 N–H and O–H groups in total. The van der Waals surface area contributed by atoms with Crippen molar-refractivity contribution < 1.29 is 0 Å². The van der Waals surface area contributed by atoms with Crippen LogP contribution in [0.15, 0.2) is 53.7 Å². The fraction of sp³-hybridized carbons (Fsp3) is 0.400. The molecule has 1 heterocycles. The van der Waals surface area contributed by atoms with Crippen LogP contribution in [0.1, 0.15) is 50.3 Å². The van der Waals surface area contributed by atoms with Crippen LogP contribution in [0.5, 0.6) is 0 Å². The monoisotopic (exact) mass is 322 g/mol. The first-order chi connectivity index (χ1) is 11.6. The number of hydrogen-bond donors (Lipinski definition) is 2. The van der Waals surface area contributed by atoms with Crippen molar-refractivity contribution in [2.45, 2.75) is 44.4 Å². The Bertz CT molecular complexity index is 703. The molecule has 0 bridgehead atoms. The van der Waals surface area contributed by atoms with E-state index in [4.69, 9.17) is 5.73 Å². The van der Waals surface area contributed by atoms with Gasteiger partial charge in [-0.2, -0.15) is 0 Å². The van der Waals surface area contributed by atoms with Gasteiger partial charge < -0.3 is 11.1 Å². The lowest BCUT2D eigenvalue weighted by Crippen LogP contribution is -2.39. The number of benzene rings is 1. The SMILES string of the molecule is CC(C)c1cccc(NC(N)=NCC2(c3ccccn3)CCC2)c1. The van der Waals surface area contributed by atoms with Gasteiger partial charge in [-0.25, -0.2) is 0 Å². The van der Waals surface area contributed by atoms with Gasteiger partial charge in [-0.3, -0.25) is 9.98 Å². The number of nitrogens with one attached hydrogen (secondary N) is 1. The van der Waals surface area contributed by atoms with Crippen LogP contribution in [-0.2, 0) is 5.41 Å². The fourth-order valence-electron chi connectivity index (χ4n) is 3.17. The fourth-order valence-corrected chi connectivity index (χ4v) is 3.17. The van der Waals surface area contributed by atoms with E-state index in [0.717, 1.165) is 24.2 Å². The van der Waals surface area contributed by atoms with Crippen LogP contribution in [0.25, 0.3) is 0 Å². The highest BCUT2D eigenvalue weighted by Gasteiger charge is 2.39. The first kappa shape index (κ1) is 16.5. The zero-order chi connectivity index (χ0) is 17.0. The Morgan fingerprint density at radius 3 is 2.71 bits per heavy atom. The van der Waals surface area contributed by atoms with Crippen molar-refractivity contribution in [1.82, 2.24) is 4.98 Å². The number of guanidine groups is 1. The van der Waals surface area contributed by atoms with Gasteiger partial charge in [-0.05, 0) is 48.6 Å². The maximum Gasteiger partial charge on any atom is 0.193 e.